The fourth-order valence-electron chi connectivity index (χ4n) is 3.33. The van der Waals surface area contributed by atoms with Gasteiger partial charge in [0.2, 0.25) is 5.91 Å². The second-order valence-electron chi connectivity index (χ2n) is 6.14. The van der Waals surface area contributed by atoms with E-state index >= 15 is 0 Å². The van der Waals surface area contributed by atoms with Gasteiger partial charge in [-0.05, 0) is 38.0 Å². The first-order valence-corrected chi connectivity index (χ1v) is 7.28. The molecule has 2 aliphatic rings. The Morgan fingerprint density at radius 3 is 2.58 bits per heavy atom. The number of carbonyl (C=O) groups excluding carboxylic acids is 1. The fourth-order valence-corrected chi connectivity index (χ4v) is 3.33. The van der Waals surface area contributed by atoms with Crippen molar-refractivity contribution in [2.75, 3.05) is 6.54 Å². The van der Waals surface area contributed by atoms with Crippen molar-refractivity contribution in [3.05, 3.63) is 0 Å². The molecule has 4 unspecified atom stereocenters. The molecule has 0 aromatic heterocycles. The summed E-state index contributed by atoms with van der Waals surface area (Å²) in [6.45, 7) is 2.62. The lowest BCUT2D eigenvalue weighted by molar-refractivity contribution is -0.155. The molecular formula is C14H24N2O3. The maximum atomic E-state index is 12.5. The SMILES string of the molecule is CC1CCN(C(=O)C2CCCC(N)C2)C(C(=O)O)C1. The first-order valence-electron chi connectivity index (χ1n) is 7.28. The van der Waals surface area contributed by atoms with Gasteiger partial charge in [0.25, 0.3) is 0 Å². The molecule has 0 bridgehead atoms. The quantitative estimate of drug-likeness (QED) is 0.788. The predicted molar refractivity (Wildman–Crippen MR) is 71.5 cm³/mol. The summed E-state index contributed by atoms with van der Waals surface area (Å²) >= 11 is 0. The molecule has 0 spiro atoms. The Hall–Kier alpha value is -1.10. The average Bonchev–Trinajstić information content (AvgIpc) is 2.37. The Morgan fingerprint density at radius 1 is 1.21 bits per heavy atom. The third-order valence-electron chi connectivity index (χ3n) is 4.50. The first-order chi connectivity index (χ1) is 8.99. The van der Waals surface area contributed by atoms with Gasteiger partial charge in [-0.3, -0.25) is 4.79 Å². The molecule has 1 aliphatic heterocycles. The maximum absolute atomic E-state index is 12.5. The second kappa shape index (κ2) is 5.90. The van der Waals surface area contributed by atoms with Gasteiger partial charge in [0.1, 0.15) is 6.04 Å². The summed E-state index contributed by atoms with van der Waals surface area (Å²) in [5.74, 6) is -0.563. The highest BCUT2D eigenvalue weighted by atomic mass is 16.4. The molecule has 1 saturated carbocycles. The van der Waals surface area contributed by atoms with E-state index in [-0.39, 0.29) is 17.9 Å². The fraction of sp³-hybridized carbons (Fsp3) is 0.857. The van der Waals surface area contributed by atoms with Crippen LogP contribution in [0, 0.1) is 11.8 Å². The van der Waals surface area contributed by atoms with Crippen molar-refractivity contribution in [3.63, 3.8) is 0 Å². The lowest BCUT2D eigenvalue weighted by atomic mass is 9.83. The molecule has 108 valence electrons. The van der Waals surface area contributed by atoms with Crippen LogP contribution in [-0.2, 0) is 9.59 Å². The highest BCUT2D eigenvalue weighted by Gasteiger charge is 2.38. The number of rotatable bonds is 2. The van der Waals surface area contributed by atoms with Crippen molar-refractivity contribution in [1.29, 1.82) is 0 Å². The highest BCUT2D eigenvalue weighted by Crippen LogP contribution is 2.29. The molecule has 5 heteroatoms. The van der Waals surface area contributed by atoms with Crippen LogP contribution < -0.4 is 5.73 Å². The van der Waals surface area contributed by atoms with E-state index in [9.17, 15) is 14.7 Å². The van der Waals surface area contributed by atoms with Crippen LogP contribution in [0.4, 0.5) is 0 Å². The molecule has 3 N–H and O–H groups in total. The van der Waals surface area contributed by atoms with Crippen molar-refractivity contribution in [3.8, 4) is 0 Å². The van der Waals surface area contributed by atoms with Crippen molar-refractivity contribution in [2.45, 2.75) is 57.5 Å². The standard InChI is InChI=1S/C14H24N2O3/c1-9-5-6-16(12(7-9)14(18)19)13(17)10-3-2-4-11(15)8-10/h9-12H,2-8,15H2,1H3,(H,18,19). The van der Waals surface area contributed by atoms with Crippen molar-refractivity contribution in [1.82, 2.24) is 4.90 Å². The van der Waals surface area contributed by atoms with E-state index in [4.69, 9.17) is 5.73 Å². The van der Waals surface area contributed by atoms with Crippen LogP contribution in [0.25, 0.3) is 0 Å². The van der Waals surface area contributed by atoms with Crippen molar-refractivity contribution in [2.24, 2.45) is 17.6 Å². The molecule has 1 aliphatic carbocycles. The van der Waals surface area contributed by atoms with E-state index in [0.29, 0.717) is 25.3 Å². The minimum absolute atomic E-state index is 0.00875. The molecular weight excluding hydrogens is 244 g/mol. The van der Waals surface area contributed by atoms with E-state index in [1.807, 2.05) is 6.92 Å². The van der Waals surface area contributed by atoms with E-state index < -0.39 is 12.0 Å². The topological polar surface area (TPSA) is 83.6 Å². The van der Waals surface area contributed by atoms with Crippen LogP contribution in [0.3, 0.4) is 0 Å². The number of piperidine rings is 1. The summed E-state index contributed by atoms with van der Waals surface area (Å²) < 4.78 is 0. The predicted octanol–water partition coefficient (Wildman–Crippen LogP) is 1.22. The van der Waals surface area contributed by atoms with Gasteiger partial charge in [-0.15, -0.1) is 0 Å². The number of hydrogen-bond donors (Lipinski definition) is 2. The summed E-state index contributed by atoms with van der Waals surface area (Å²) in [4.78, 5) is 25.5. The van der Waals surface area contributed by atoms with Gasteiger partial charge in [-0.2, -0.15) is 0 Å². The van der Waals surface area contributed by atoms with Gasteiger partial charge in [-0.1, -0.05) is 13.3 Å². The van der Waals surface area contributed by atoms with Gasteiger partial charge >= 0.3 is 5.97 Å². The van der Waals surface area contributed by atoms with E-state index in [0.717, 1.165) is 25.7 Å². The molecule has 1 saturated heterocycles. The van der Waals surface area contributed by atoms with E-state index in [1.165, 1.54) is 0 Å². The Labute approximate surface area is 114 Å². The summed E-state index contributed by atoms with van der Waals surface area (Å²) in [5, 5.41) is 9.31. The molecule has 19 heavy (non-hydrogen) atoms. The summed E-state index contributed by atoms with van der Waals surface area (Å²) in [7, 11) is 0. The van der Waals surface area contributed by atoms with Gasteiger partial charge in [0.15, 0.2) is 0 Å². The summed E-state index contributed by atoms with van der Waals surface area (Å²) in [6, 6.07) is -0.552. The number of amides is 1. The van der Waals surface area contributed by atoms with Crippen LogP contribution in [0.15, 0.2) is 0 Å². The van der Waals surface area contributed by atoms with Gasteiger partial charge < -0.3 is 15.7 Å². The van der Waals surface area contributed by atoms with Gasteiger partial charge in [-0.25, -0.2) is 4.79 Å². The largest absolute Gasteiger partial charge is 0.480 e. The van der Waals surface area contributed by atoms with Crippen LogP contribution >= 0.6 is 0 Å². The third-order valence-corrected chi connectivity index (χ3v) is 4.50. The monoisotopic (exact) mass is 268 g/mol. The summed E-state index contributed by atoms with van der Waals surface area (Å²) in [5.41, 5.74) is 5.92. The molecule has 0 aromatic rings. The number of aliphatic carboxylic acids is 1. The van der Waals surface area contributed by atoms with E-state index in [1.54, 1.807) is 4.90 Å². The number of carboxylic acids is 1. The Bertz CT molecular complexity index is 359. The number of nitrogens with two attached hydrogens (primary N) is 1. The summed E-state index contributed by atoms with van der Waals surface area (Å²) in [6.07, 6.45) is 4.97. The number of carboxylic acid groups (broad SMARTS) is 1. The Balaban J connectivity index is 2.05. The molecule has 4 atom stereocenters. The highest BCUT2D eigenvalue weighted by molar-refractivity contribution is 5.85. The average molecular weight is 268 g/mol. The lowest BCUT2D eigenvalue weighted by Gasteiger charge is -2.39. The molecule has 5 nitrogen and oxygen atoms in total. The Morgan fingerprint density at radius 2 is 1.95 bits per heavy atom. The van der Waals surface area contributed by atoms with Crippen LogP contribution in [0.1, 0.15) is 45.4 Å². The number of hydrogen-bond acceptors (Lipinski definition) is 3. The van der Waals surface area contributed by atoms with Crippen molar-refractivity contribution >= 4 is 11.9 Å². The molecule has 1 heterocycles. The lowest BCUT2D eigenvalue weighted by Crippen LogP contribution is -2.52. The smallest absolute Gasteiger partial charge is 0.326 e. The van der Waals surface area contributed by atoms with E-state index in [2.05, 4.69) is 0 Å². The minimum atomic E-state index is -0.875. The molecule has 0 radical (unpaired) electrons. The second-order valence-corrected chi connectivity index (χ2v) is 6.14. The van der Waals surface area contributed by atoms with Crippen LogP contribution in [0.5, 0.6) is 0 Å². The zero-order valence-electron chi connectivity index (χ0n) is 11.5. The van der Waals surface area contributed by atoms with Gasteiger partial charge in [0, 0.05) is 18.5 Å². The maximum Gasteiger partial charge on any atom is 0.326 e. The van der Waals surface area contributed by atoms with Crippen LogP contribution in [-0.4, -0.2) is 40.5 Å². The minimum Gasteiger partial charge on any atom is -0.480 e. The number of nitrogens with zero attached hydrogens (tertiary/aromatic N) is 1. The number of likely N-dealkylation sites (tertiary alicyclic amines) is 1. The Kier molecular flexibility index (Phi) is 4.45. The normalized spacial score (nSPS) is 36.0. The third kappa shape index (κ3) is 3.26. The zero-order chi connectivity index (χ0) is 14.0. The van der Waals surface area contributed by atoms with Gasteiger partial charge in [0.05, 0.1) is 0 Å². The molecule has 0 aromatic carbocycles. The number of carbonyl (C=O) groups is 2. The van der Waals surface area contributed by atoms with Crippen molar-refractivity contribution < 1.29 is 14.7 Å². The first kappa shape index (κ1) is 14.3. The van der Waals surface area contributed by atoms with Crippen LogP contribution in [0.2, 0.25) is 0 Å². The zero-order valence-corrected chi connectivity index (χ0v) is 11.5. The molecule has 1 amide bonds. The molecule has 2 rings (SSSR count). The molecule has 2 fully saturated rings.